The van der Waals surface area contributed by atoms with E-state index in [4.69, 9.17) is 32.7 Å². The fraction of sp³-hybridized carbons (Fsp3) is 0.333. The summed E-state index contributed by atoms with van der Waals surface area (Å²) in [5, 5.41) is 3.72. The molecule has 0 heterocycles. The molecule has 9 nitrogen and oxygen atoms in total. The third kappa shape index (κ3) is 8.30. The molecule has 1 N–H and O–H groups in total. The van der Waals surface area contributed by atoms with Crippen LogP contribution in [0.4, 0.5) is 5.69 Å². The molecule has 0 saturated heterocycles. The van der Waals surface area contributed by atoms with Gasteiger partial charge in [-0.2, -0.15) is 0 Å². The second kappa shape index (κ2) is 14.6. The van der Waals surface area contributed by atoms with Gasteiger partial charge < -0.3 is 19.7 Å². The van der Waals surface area contributed by atoms with E-state index in [1.807, 2.05) is 13.8 Å². The Morgan fingerprint density at radius 3 is 2.14 bits per heavy atom. The fourth-order valence-electron chi connectivity index (χ4n) is 4.11. The number of hydrogen-bond donors (Lipinski definition) is 1. The summed E-state index contributed by atoms with van der Waals surface area (Å²) in [5.74, 6) is -0.204. The van der Waals surface area contributed by atoms with Crippen LogP contribution in [0.25, 0.3) is 0 Å². The zero-order valence-corrected chi connectivity index (χ0v) is 26.5. The topological polar surface area (TPSA) is 105 Å². The number of carbonyl (C=O) groups is 2. The van der Waals surface area contributed by atoms with Crippen molar-refractivity contribution in [3.63, 3.8) is 0 Å². The molecule has 0 saturated carbocycles. The maximum atomic E-state index is 14.1. The van der Waals surface area contributed by atoms with Gasteiger partial charge in [-0.15, -0.1) is 0 Å². The molecule has 3 aromatic carbocycles. The number of halogens is 2. The van der Waals surface area contributed by atoms with Crippen molar-refractivity contribution < 1.29 is 27.5 Å². The van der Waals surface area contributed by atoms with Crippen molar-refractivity contribution in [3.05, 3.63) is 82.3 Å². The van der Waals surface area contributed by atoms with Gasteiger partial charge in [-0.3, -0.25) is 13.9 Å². The largest absolute Gasteiger partial charge is 0.493 e. The molecular formula is C30H35Cl2N3O6S. The smallest absolute Gasteiger partial charge is 0.264 e. The lowest BCUT2D eigenvalue weighted by molar-refractivity contribution is -0.139. The van der Waals surface area contributed by atoms with Gasteiger partial charge in [-0.05, 0) is 66.9 Å². The van der Waals surface area contributed by atoms with Gasteiger partial charge in [-0.25, -0.2) is 8.42 Å². The molecule has 226 valence electrons. The van der Waals surface area contributed by atoms with Crippen molar-refractivity contribution in [2.24, 2.45) is 5.92 Å². The molecule has 3 aromatic rings. The van der Waals surface area contributed by atoms with E-state index in [1.165, 1.54) is 61.6 Å². The molecule has 12 heteroatoms. The summed E-state index contributed by atoms with van der Waals surface area (Å²) >= 11 is 12.3. The van der Waals surface area contributed by atoms with Crippen molar-refractivity contribution in [1.29, 1.82) is 0 Å². The molecule has 3 rings (SSSR count). The predicted molar refractivity (Wildman–Crippen MR) is 165 cm³/mol. The average molecular weight is 637 g/mol. The van der Waals surface area contributed by atoms with Crippen LogP contribution < -0.4 is 19.1 Å². The summed E-state index contributed by atoms with van der Waals surface area (Å²) in [4.78, 5) is 28.3. The Morgan fingerprint density at radius 1 is 0.881 bits per heavy atom. The summed E-state index contributed by atoms with van der Waals surface area (Å²) in [6.45, 7) is 5.38. The molecular weight excluding hydrogens is 601 g/mol. The van der Waals surface area contributed by atoms with Crippen LogP contribution in [0.1, 0.15) is 26.3 Å². The van der Waals surface area contributed by atoms with Gasteiger partial charge in [0, 0.05) is 29.2 Å². The monoisotopic (exact) mass is 635 g/mol. The predicted octanol–water partition coefficient (Wildman–Crippen LogP) is 5.40. The fourth-order valence-corrected chi connectivity index (χ4v) is 5.88. The molecule has 1 unspecified atom stereocenters. The number of amides is 2. The summed E-state index contributed by atoms with van der Waals surface area (Å²) in [6, 6.07) is 16.3. The maximum absolute atomic E-state index is 14.1. The zero-order valence-electron chi connectivity index (χ0n) is 24.1. The Hall–Kier alpha value is -3.47. The van der Waals surface area contributed by atoms with Gasteiger partial charge in [0.25, 0.3) is 10.0 Å². The Balaban J connectivity index is 2.05. The van der Waals surface area contributed by atoms with E-state index in [2.05, 4.69) is 5.32 Å². The van der Waals surface area contributed by atoms with Crippen LogP contribution in [-0.2, 0) is 26.2 Å². The minimum atomic E-state index is -4.31. The quantitative estimate of drug-likeness (QED) is 0.270. The number of benzene rings is 3. The van der Waals surface area contributed by atoms with E-state index >= 15 is 0 Å². The minimum Gasteiger partial charge on any atom is -0.493 e. The highest BCUT2D eigenvalue weighted by molar-refractivity contribution is 7.92. The van der Waals surface area contributed by atoms with Crippen molar-refractivity contribution >= 4 is 50.7 Å². The van der Waals surface area contributed by atoms with Crippen molar-refractivity contribution in [2.75, 3.05) is 31.6 Å². The van der Waals surface area contributed by atoms with E-state index in [0.717, 1.165) is 4.31 Å². The van der Waals surface area contributed by atoms with Gasteiger partial charge in [0.1, 0.15) is 12.6 Å². The number of methoxy groups -OCH3 is 2. The van der Waals surface area contributed by atoms with Gasteiger partial charge >= 0.3 is 0 Å². The molecule has 0 aromatic heterocycles. The number of nitrogens with zero attached hydrogens (tertiary/aromatic N) is 2. The van der Waals surface area contributed by atoms with Crippen LogP contribution in [0.5, 0.6) is 11.5 Å². The number of hydrogen-bond acceptors (Lipinski definition) is 6. The molecule has 0 aliphatic carbocycles. The van der Waals surface area contributed by atoms with Gasteiger partial charge in [0.05, 0.1) is 24.8 Å². The van der Waals surface area contributed by atoms with Crippen LogP contribution in [0.15, 0.2) is 71.6 Å². The number of ether oxygens (including phenoxy) is 2. The number of carbonyl (C=O) groups excluding carboxylic acids is 2. The molecule has 0 fully saturated rings. The number of rotatable bonds is 13. The Morgan fingerprint density at radius 2 is 1.55 bits per heavy atom. The normalized spacial score (nSPS) is 12.0. The molecule has 1 atom stereocenters. The van der Waals surface area contributed by atoms with Crippen molar-refractivity contribution in [3.8, 4) is 11.5 Å². The van der Waals surface area contributed by atoms with Crippen LogP contribution in [-0.4, -0.2) is 58.5 Å². The summed E-state index contributed by atoms with van der Waals surface area (Å²) in [7, 11) is -1.48. The average Bonchev–Trinajstić information content (AvgIpc) is 2.97. The highest BCUT2D eigenvalue weighted by Gasteiger charge is 2.33. The Kier molecular flexibility index (Phi) is 11.5. The first kappa shape index (κ1) is 33.0. The third-order valence-corrected chi connectivity index (χ3v) is 8.69. The second-order valence-electron chi connectivity index (χ2n) is 9.97. The van der Waals surface area contributed by atoms with Crippen LogP contribution in [0.2, 0.25) is 10.0 Å². The zero-order chi connectivity index (χ0) is 31.0. The van der Waals surface area contributed by atoms with E-state index in [0.29, 0.717) is 27.9 Å². The lowest BCUT2D eigenvalue weighted by atomic mass is 10.1. The Labute approximate surface area is 257 Å². The molecule has 2 amide bonds. The van der Waals surface area contributed by atoms with Crippen LogP contribution in [0, 0.1) is 5.92 Å². The SMILES string of the molecule is COc1ccc(S(=O)(=O)N(CC(=O)N(Cc2cccc(Cl)c2)C(C)C(=O)NCC(C)C)c2ccc(Cl)cc2)cc1OC. The van der Waals surface area contributed by atoms with Crippen molar-refractivity contribution in [2.45, 2.75) is 38.3 Å². The second-order valence-corrected chi connectivity index (χ2v) is 12.7. The number of nitrogens with one attached hydrogen (secondary N) is 1. The molecule has 0 spiro atoms. The molecule has 0 bridgehead atoms. The molecule has 42 heavy (non-hydrogen) atoms. The van der Waals surface area contributed by atoms with Crippen LogP contribution >= 0.6 is 23.2 Å². The lowest BCUT2D eigenvalue weighted by Crippen LogP contribution is -2.51. The van der Waals surface area contributed by atoms with Gasteiger partial charge in [0.15, 0.2) is 11.5 Å². The van der Waals surface area contributed by atoms with E-state index < -0.39 is 28.5 Å². The standard InChI is InChI=1S/C30H35Cl2N3O6S/c1-20(2)17-33-30(37)21(3)34(18-22-7-6-8-24(32)15-22)29(36)19-35(25-11-9-23(31)10-12-25)42(38,39)26-13-14-27(40-4)28(16-26)41-5/h6-16,20-21H,17-19H2,1-5H3,(H,33,37). The molecule has 0 aliphatic rings. The van der Waals surface area contributed by atoms with E-state index in [-0.39, 0.29) is 34.7 Å². The van der Waals surface area contributed by atoms with Gasteiger partial charge in [0.2, 0.25) is 11.8 Å². The molecule has 0 radical (unpaired) electrons. The first-order chi connectivity index (χ1) is 19.9. The van der Waals surface area contributed by atoms with Gasteiger partial charge in [-0.1, -0.05) is 49.2 Å². The highest BCUT2D eigenvalue weighted by Crippen LogP contribution is 2.32. The molecule has 0 aliphatic heterocycles. The summed E-state index contributed by atoms with van der Waals surface area (Å²) < 4.78 is 39.7. The maximum Gasteiger partial charge on any atom is 0.264 e. The van der Waals surface area contributed by atoms with Crippen LogP contribution in [0.3, 0.4) is 0 Å². The summed E-state index contributed by atoms with van der Waals surface area (Å²) in [6.07, 6.45) is 0. The van der Waals surface area contributed by atoms with E-state index in [1.54, 1.807) is 31.2 Å². The highest BCUT2D eigenvalue weighted by atomic mass is 35.5. The first-order valence-corrected chi connectivity index (χ1v) is 15.4. The number of sulfonamides is 1. The first-order valence-electron chi connectivity index (χ1n) is 13.2. The van der Waals surface area contributed by atoms with Crippen molar-refractivity contribution in [1.82, 2.24) is 10.2 Å². The lowest BCUT2D eigenvalue weighted by Gasteiger charge is -2.32. The minimum absolute atomic E-state index is 0.0283. The number of anilines is 1. The third-order valence-electron chi connectivity index (χ3n) is 6.43. The Bertz CT molecular complexity index is 1500. The van der Waals surface area contributed by atoms with E-state index in [9.17, 15) is 18.0 Å². The summed E-state index contributed by atoms with van der Waals surface area (Å²) in [5.41, 5.74) is 0.891.